The lowest BCUT2D eigenvalue weighted by Gasteiger charge is -2.36. The van der Waals surface area contributed by atoms with E-state index in [2.05, 4.69) is 16.0 Å². The maximum Gasteiger partial charge on any atom is 0.340 e. The first-order chi connectivity index (χ1) is 33.4. The molecule has 1 saturated carbocycles. The van der Waals surface area contributed by atoms with Gasteiger partial charge in [0.25, 0.3) is 11.8 Å². The molecule has 14 nitrogen and oxygen atoms in total. The van der Waals surface area contributed by atoms with Gasteiger partial charge in [0.1, 0.15) is 23.7 Å². The molecule has 15 heteroatoms. The molecule has 9 rings (SSSR count). The number of ether oxygens (including phenoxy) is 2. The molecule has 1 spiro atoms. The van der Waals surface area contributed by atoms with Crippen molar-refractivity contribution in [2.45, 2.75) is 96.2 Å². The summed E-state index contributed by atoms with van der Waals surface area (Å²) in [4.78, 5) is 69.0. The first kappa shape index (κ1) is 47.0. The number of carbonyl (C=O) groups is 5. The van der Waals surface area contributed by atoms with Gasteiger partial charge < -0.3 is 46.4 Å². The van der Waals surface area contributed by atoms with E-state index in [1.807, 2.05) is 60.2 Å². The number of fused-ring (bicyclic) bond motifs is 7. The van der Waals surface area contributed by atoms with Crippen LogP contribution in [0.3, 0.4) is 0 Å². The van der Waals surface area contributed by atoms with Crippen molar-refractivity contribution in [3.63, 3.8) is 0 Å². The average molecular weight is 950 g/mol. The molecule has 0 saturated heterocycles. The maximum absolute atomic E-state index is 13.7. The number of aromatic nitrogens is 1. The van der Waals surface area contributed by atoms with E-state index in [4.69, 9.17) is 20.9 Å². The Morgan fingerprint density at radius 2 is 1.45 bits per heavy atom. The van der Waals surface area contributed by atoms with E-state index in [1.165, 1.54) is 0 Å². The first-order valence-electron chi connectivity index (χ1n) is 24.1. The fourth-order valence-electron chi connectivity index (χ4n) is 10.1. The number of thiophene rings is 1. The summed E-state index contributed by atoms with van der Waals surface area (Å²) in [6, 6.07) is 27.1. The second-order valence-electron chi connectivity index (χ2n) is 18.4. The van der Waals surface area contributed by atoms with Gasteiger partial charge in [-0.2, -0.15) is 0 Å². The third-order valence-electron chi connectivity index (χ3n) is 13.7. The zero-order chi connectivity index (χ0) is 48.2. The lowest BCUT2D eigenvalue weighted by atomic mass is 9.77. The fraction of sp³-hybridized carbons (Fsp3) is 0.352. The quantitative estimate of drug-likeness (QED) is 0.0336. The van der Waals surface area contributed by atoms with Crippen LogP contribution in [0.5, 0.6) is 11.5 Å². The van der Waals surface area contributed by atoms with Gasteiger partial charge in [0, 0.05) is 83.0 Å². The Morgan fingerprint density at radius 3 is 2.13 bits per heavy atom. The molecule has 0 radical (unpaired) electrons. The Morgan fingerprint density at radius 1 is 0.768 bits per heavy atom. The van der Waals surface area contributed by atoms with Crippen molar-refractivity contribution in [1.82, 2.24) is 20.5 Å². The third kappa shape index (κ3) is 9.65. The highest BCUT2D eigenvalue weighted by Crippen LogP contribution is 2.56. The summed E-state index contributed by atoms with van der Waals surface area (Å²) >= 11 is 1.55. The summed E-state index contributed by atoms with van der Waals surface area (Å²) in [6.45, 7) is 5.66. The highest BCUT2D eigenvalue weighted by molar-refractivity contribution is 7.17. The molecule has 0 unspecified atom stereocenters. The number of hydrogen-bond donors (Lipinski definition) is 5. The number of unbranched alkanes of at least 4 members (excludes halogenated alkanes) is 5. The Labute approximate surface area is 405 Å². The fourth-order valence-corrected chi connectivity index (χ4v) is 10.9. The number of nitrogens with zero attached hydrogens (tertiary/aromatic N) is 2. The second-order valence-corrected chi connectivity index (χ2v) is 19.3. The molecule has 0 bridgehead atoms. The number of esters is 1. The predicted octanol–water partition coefficient (Wildman–Crippen LogP) is 8.97. The molecule has 0 atom stereocenters. The van der Waals surface area contributed by atoms with Crippen LogP contribution in [0.15, 0.2) is 96.4 Å². The van der Waals surface area contributed by atoms with Gasteiger partial charge in [-0.05, 0) is 130 Å². The number of benzene rings is 4. The van der Waals surface area contributed by atoms with Crippen molar-refractivity contribution in [2.24, 2.45) is 5.92 Å². The number of rotatable bonds is 17. The van der Waals surface area contributed by atoms with E-state index in [1.54, 1.807) is 70.8 Å². The number of likely N-dealkylation sites (N-methyl/N-ethyl adjacent to an activating group) is 1. The van der Waals surface area contributed by atoms with Crippen LogP contribution in [-0.4, -0.2) is 59.8 Å². The van der Waals surface area contributed by atoms with Gasteiger partial charge in [-0.3, -0.25) is 19.2 Å². The van der Waals surface area contributed by atoms with Crippen molar-refractivity contribution in [3.05, 3.63) is 135 Å². The Kier molecular flexibility index (Phi) is 13.8. The second kappa shape index (κ2) is 20.2. The maximum atomic E-state index is 13.7. The Hall–Kier alpha value is -7.13. The number of nitrogens with one attached hydrogen (secondary N) is 3. The molecule has 7 N–H and O–H groups in total. The molecule has 3 aliphatic rings. The summed E-state index contributed by atoms with van der Waals surface area (Å²) in [5, 5.41) is 11.4. The minimum absolute atomic E-state index is 0.0448. The SMILES string of the molecule is CCN(C(=O)Cn1c(C(=O)NC2CCC(C(=O)NCCCCCCCCNC(=O)c3ccc4c(c3)C3(OC4=O)c4ccc(N)cc4Oc4cc(N)ccc43)CC2)cc2sccc21)c1cccc(C)c1. The molecule has 1 aliphatic carbocycles. The van der Waals surface area contributed by atoms with Crippen LogP contribution in [0, 0.1) is 12.8 Å². The molecule has 1 fully saturated rings. The van der Waals surface area contributed by atoms with Crippen LogP contribution < -0.4 is 37.1 Å². The number of anilines is 3. The summed E-state index contributed by atoms with van der Waals surface area (Å²) in [5.74, 6) is -0.129. The van der Waals surface area contributed by atoms with E-state index >= 15 is 0 Å². The van der Waals surface area contributed by atoms with E-state index in [0.29, 0.717) is 102 Å². The lowest BCUT2D eigenvalue weighted by Crippen LogP contribution is -2.42. The standard InChI is InChI=1S/C54H59N7O7S/c1-3-60(39-12-10-11-33(2)27-39)49(62)32-61-44-23-26-69-48(44)31-45(61)52(65)59-38-18-13-34(14-19-38)50(63)57-24-8-6-4-5-7-9-25-58-51(64)35-15-20-40-43(28-35)54(68-53(40)66)41-21-16-36(55)29-46(41)67-47-30-37(56)17-22-42(47)54/h10-12,15-17,20-23,26-31,34,38H,3-9,13-14,18-19,24-25,32,55-56H2,1-2H3,(H,57,63)(H,58,64)(H,59,65). The van der Waals surface area contributed by atoms with Crippen molar-refractivity contribution in [2.75, 3.05) is 36.0 Å². The highest BCUT2D eigenvalue weighted by atomic mass is 32.1. The highest BCUT2D eigenvalue weighted by Gasteiger charge is 2.54. The van der Waals surface area contributed by atoms with Gasteiger partial charge in [0.2, 0.25) is 11.8 Å². The molecule has 358 valence electrons. The summed E-state index contributed by atoms with van der Waals surface area (Å²) in [7, 11) is 0. The molecule has 6 aromatic rings. The zero-order valence-electron chi connectivity index (χ0n) is 39.1. The molecule has 2 aromatic heterocycles. The van der Waals surface area contributed by atoms with Gasteiger partial charge in [0.05, 0.1) is 15.8 Å². The van der Waals surface area contributed by atoms with Crippen LogP contribution in [0.1, 0.15) is 125 Å². The molecule has 2 aliphatic heterocycles. The zero-order valence-corrected chi connectivity index (χ0v) is 39.9. The van der Waals surface area contributed by atoms with Crippen molar-refractivity contribution in [1.29, 1.82) is 0 Å². The van der Waals surface area contributed by atoms with Crippen LogP contribution in [-0.2, 0) is 26.5 Å². The van der Waals surface area contributed by atoms with Crippen molar-refractivity contribution < 1.29 is 33.4 Å². The van der Waals surface area contributed by atoms with Gasteiger partial charge in [-0.1, -0.05) is 37.8 Å². The third-order valence-corrected chi connectivity index (χ3v) is 14.6. The summed E-state index contributed by atoms with van der Waals surface area (Å²) in [6.07, 6.45) is 8.53. The van der Waals surface area contributed by atoms with Gasteiger partial charge in [0.15, 0.2) is 5.60 Å². The Balaban J connectivity index is 0.678. The van der Waals surface area contributed by atoms with E-state index in [-0.39, 0.29) is 42.1 Å². The van der Waals surface area contributed by atoms with E-state index in [9.17, 15) is 24.0 Å². The summed E-state index contributed by atoms with van der Waals surface area (Å²) < 4.78 is 15.2. The van der Waals surface area contributed by atoms with E-state index < -0.39 is 11.6 Å². The Bertz CT molecular complexity index is 2880. The van der Waals surface area contributed by atoms with Crippen molar-refractivity contribution in [3.8, 4) is 11.5 Å². The molecule has 69 heavy (non-hydrogen) atoms. The number of hydrogen-bond acceptors (Lipinski definition) is 10. The molecular formula is C54H59N7O7S. The van der Waals surface area contributed by atoms with Crippen molar-refractivity contribution >= 4 is 68.2 Å². The van der Waals surface area contributed by atoms with Gasteiger partial charge >= 0.3 is 5.97 Å². The first-order valence-corrected chi connectivity index (χ1v) is 25.0. The molecule has 4 amide bonds. The molecule has 4 aromatic carbocycles. The number of amides is 4. The number of carbonyl (C=O) groups excluding carboxylic acids is 5. The molecule has 4 heterocycles. The predicted molar refractivity (Wildman–Crippen MR) is 269 cm³/mol. The van der Waals surface area contributed by atoms with Gasteiger partial charge in [-0.25, -0.2) is 4.79 Å². The average Bonchev–Trinajstić information content (AvgIpc) is 4.02. The minimum Gasteiger partial charge on any atom is -0.456 e. The van der Waals surface area contributed by atoms with Crippen LogP contribution >= 0.6 is 11.3 Å². The normalized spacial score (nSPS) is 16.5. The largest absolute Gasteiger partial charge is 0.456 e. The monoisotopic (exact) mass is 949 g/mol. The number of aryl methyl sites for hydroxylation is 1. The number of nitrogen functional groups attached to an aromatic ring is 2. The van der Waals surface area contributed by atoms with Crippen LogP contribution in [0.4, 0.5) is 17.1 Å². The van der Waals surface area contributed by atoms with Crippen LogP contribution in [0.25, 0.3) is 10.2 Å². The summed E-state index contributed by atoms with van der Waals surface area (Å²) in [5.41, 5.74) is 17.7. The number of nitrogens with two attached hydrogens (primary N) is 2. The van der Waals surface area contributed by atoms with Gasteiger partial charge in [-0.15, -0.1) is 11.3 Å². The van der Waals surface area contributed by atoms with Crippen LogP contribution in [0.2, 0.25) is 0 Å². The smallest absolute Gasteiger partial charge is 0.340 e. The topological polar surface area (TPSA) is 200 Å². The molecular weight excluding hydrogens is 891 g/mol. The minimum atomic E-state index is -1.34. The van der Waals surface area contributed by atoms with E-state index in [0.717, 1.165) is 60.0 Å². The lowest BCUT2D eigenvalue weighted by molar-refractivity contribution is -0.126.